The summed E-state index contributed by atoms with van der Waals surface area (Å²) in [6.45, 7) is 1.41. The van der Waals surface area contributed by atoms with E-state index in [1.54, 1.807) is 0 Å². The SMILES string of the molecule is OCCNc1ccn(Cc2ccccc2)n1. The summed E-state index contributed by atoms with van der Waals surface area (Å²) >= 11 is 0. The fourth-order valence-corrected chi connectivity index (χ4v) is 1.50. The smallest absolute Gasteiger partial charge is 0.148 e. The largest absolute Gasteiger partial charge is 0.395 e. The van der Waals surface area contributed by atoms with Crippen molar-refractivity contribution < 1.29 is 5.11 Å². The van der Waals surface area contributed by atoms with Crippen molar-refractivity contribution in [1.29, 1.82) is 0 Å². The Morgan fingerprint density at radius 2 is 2.00 bits per heavy atom. The van der Waals surface area contributed by atoms with E-state index < -0.39 is 0 Å². The second-order valence-electron chi connectivity index (χ2n) is 3.53. The lowest BCUT2D eigenvalue weighted by Crippen LogP contribution is -2.07. The molecule has 0 radical (unpaired) electrons. The van der Waals surface area contributed by atoms with Gasteiger partial charge in [-0.25, -0.2) is 0 Å². The van der Waals surface area contributed by atoms with Gasteiger partial charge in [-0.05, 0) is 5.56 Å². The molecule has 4 nitrogen and oxygen atoms in total. The van der Waals surface area contributed by atoms with Crippen LogP contribution in [0.25, 0.3) is 0 Å². The molecule has 16 heavy (non-hydrogen) atoms. The van der Waals surface area contributed by atoms with Gasteiger partial charge in [-0.3, -0.25) is 4.68 Å². The van der Waals surface area contributed by atoms with E-state index in [1.807, 2.05) is 35.1 Å². The molecular formula is C12H15N3O. The molecule has 0 unspecified atom stereocenters. The molecule has 0 spiro atoms. The molecule has 0 saturated heterocycles. The van der Waals surface area contributed by atoms with Crippen LogP contribution in [0.3, 0.4) is 0 Å². The second-order valence-corrected chi connectivity index (χ2v) is 3.53. The molecule has 1 aromatic heterocycles. The van der Waals surface area contributed by atoms with Crippen LogP contribution in [0, 0.1) is 0 Å². The quantitative estimate of drug-likeness (QED) is 0.794. The molecule has 2 rings (SSSR count). The number of aliphatic hydroxyl groups excluding tert-OH is 1. The molecule has 0 fully saturated rings. The molecule has 0 amide bonds. The lowest BCUT2D eigenvalue weighted by Gasteiger charge is -2.01. The zero-order valence-corrected chi connectivity index (χ0v) is 9.00. The summed E-state index contributed by atoms with van der Waals surface area (Å²) in [4.78, 5) is 0. The average molecular weight is 217 g/mol. The van der Waals surface area contributed by atoms with Crippen molar-refractivity contribution >= 4 is 5.82 Å². The minimum Gasteiger partial charge on any atom is -0.395 e. The zero-order valence-electron chi connectivity index (χ0n) is 9.00. The van der Waals surface area contributed by atoms with E-state index in [1.165, 1.54) is 5.56 Å². The van der Waals surface area contributed by atoms with E-state index in [-0.39, 0.29) is 6.61 Å². The van der Waals surface area contributed by atoms with Gasteiger partial charge in [0, 0.05) is 18.8 Å². The maximum atomic E-state index is 8.67. The standard InChI is InChI=1S/C12H15N3O/c16-9-7-13-12-6-8-15(14-12)10-11-4-2-1-3-5-11/h1-6,8,16H,7,9-10H2,(H,13,14). The van der Waals surface area contributed by atoms with E-state index in [9.17, 15) is 0 Å². The first-order valence-electron chi connectivity index (χ1n) is 5.30. The van der Waals surface area contributed by atoms with E-state index in [2.05, 4.69) is 22.5 Å². The summed E-state index contributed by atoms with van der Waals surface area (Å²) in [6, 6.07) is 12.1. The Morgan fingerprint density at radius 1 is 1.19 bits per heavy atom. The van der Waals surface area contributed by atoms with Gasteiger partial charge in [-0.1, -0.05) is 30.3 Å². The summed E-state index contributed by atoms with van der Waals surface area (Å²) in [7, 11) is 0. The summed E-state index contributed by atoms with van der Waals surface area (Å²) < 4.78 is 1.87. The Kier molecular flexibility index (Phi) is 3.56. The van der Waals surface area contributed by atoms with Gasteiger partial charge >= 0.3 is 0 Å². The number of hydrogen-bond donors (Lipinski definition) is 2. The summed E-state index contributed by atoms with van der Waals surface area (Å²) in [5, 5.41) is 16.0. The second kappa shape index (κ2) is 5.32. The third-order valence-electron chi connectivity index (χ3n) is 2.25. The molecule has 0 atom stereocenters. The topological polar surface area (TPSA) is 50.1 Å². The van der Waals surface area contributed by atoms with Gasteiger partial charge < -0.3 is 10.4 Å². The minimum atomic E-state index is 0.117. The summed E-state index contributed by atoms with van der Waals surface area (Å²) in [5.41, 5.74) is 1.22. The number of benzene rings is 1. The first-order chi connectivity index (χ1) is 7.88. The van der Waals surface area contributed by atoms with E-state index in [0.29, 0.717) is 6.54 Å². The number of hydrogen-bond acceptors (Lipinski definition) is 3. The first-order valence-corrected chi connectivity index (χ1v) is 5.30. The van der Waals surface area contributed by atoms with Crippen LogP contribution in [0.4, 0.5) is 5.82 Å². The van der Waals surface area contributed by atoms with Gasteiger partial charge in [0.25, 0.3) is 0 Å². The number of anilines is 1. The minimum absolute atomic E-state index is 0.117. The van der Waals surface area contributed by atoms with Crippen molar-refractivity contribution in [1.82, 2.24) is 9.78 Å². The van der Waals surface area contributed by atoms with Crippen LogP contribution in [0.2, 0.25) is 0 Å². The highest BCUT2D eigenvalue weighted by atomic mass is 16.3. The van der Waals surface area contributed by atoms with E-state index in [0.717, 1.165) is 12.4 Å². The average Bonchev–Trinajstić information content (AvgIpc) is 2.75. The van der Waals surface area contributed by atoms with Crippen LogP contribution in [0.1, 0.15) is 5.56 Å². The number of nitrogens with zero attached hydrogens (tertiary/aromatic N) is 2. The number of rotatable bonds is 5. The van der Waals surface area contributed by atoms with Gasteiger partial charge in [0.2, 0.25) is 0 Å². The molecule has 0 bridgehead atoms. The third-order valence-corrected chi connectivity index (χ3v) is 2.25. The number of aliphatic hydroxyl groups is 1. The molecular weight excluding hydrogens is 202 g/mol. The molecule has 4 heteroatoms. The third kappa shape index (κ3) is 2.84. The first kappa shape index (κ1) is 10.7. The molecule has 84 valence electrons. The monoisotopic (exact) mass is 217 g/mol. The molecule has 1 heterocycles. The van der Waals surface area contributed by atoms with Crippen molar-refractivity contribution in [3.63, 3.8) is 0 Å². The fraction of sp³-hybridized carbons (Fsp3) is 0.250. The van der Waals surface area contributed by atoms with Crippen LogP contribution < -0.4 is 5.32 Å². The highest BCUT2D eigenvalue weighted by Crippen LogP contribution is 2.05. The van der Waals surface area contributed by atoms with Gasteiger partial charge in [0.15, 0.2) is 0 Å². The van der Waals surface area contributed by atoms with Gasteiger partial charge in [0.05, 0.1) is 13.2 Å². The lowest BCUT2D eigenvalue weighted by atomic mass is 10.2. The highest BCUT2D eigenvalue weighted by molar-refractivity contribution is 5.32. The maximum absolute atomic E-state index is 8.67. The molecule has 0 aliphatic rings. The fourth-order valence-electron chi connectivity index (χ4n) is 1.50. The summed E-state index contributed by atoms with van der Waals surface area (Å²) in [6.07, 6.45) is 1.92. The highest BCUT2D eigenvalue weighted by Gasteiger charge is 1.98. The molecule has 0 aliphatic heterocycles. The van der Waals surface area contributed by atoms with Gasteiger partial charge in [-0.2, -0.15) is 5.10 Å². The Morgan fingerprint density at radius 3 is 2.75 bits per heavy atom. The van der Waals surface area contributed by atoms with Gasteiger partial charge in [-0.15, -0.1) is 0 Å². The molecule has 2 N–H and O–H groups in total. The molecule has 1 aromatic carbocycles. The van der Waals surface area contributed by atoms with Crippen LogP contribution in [-0.2, 0) is 6.54 Å². The maximum Gasteiger partial charge on any atom is 0.148 e. The Hall–Kier alpha value is -1.81. The van der Waals surface area contributed by atoms with Gasteiger partial charge in [0.1, 0.15) is 5.82 Å². The molecule has 0 aliphatic carbocycles. The zero-order chi connectivity index (χ0) is 11.2. The Balaban J connectivity index is 1.97. The predicted molar refractivity (Wildman–Crippen MR) is 63.3 cm³/mol. The molecule has 0 saturated carbocycles. The van der Waals surface area contributed by atoms with Crippen LogP contribution in [0.5, 0.6) is 0 Å². The van der Waals surface area contributed by atoms with Crippen LogP contribution >= 0.6 is 0 Å². The Labute approximate surface area is 94.5 Å². The van der Waals surface area contributed by atoms with Crippen molar-refractivity contribution in [3.8, 4) is 0 Å². The van der Waals surface area contributed by atoms with Crippen molar-refractivity contribution in [2.75, 3.05) is 18.5 Å². The number of aromatic nitrogens is 2. The van der Waals surface area contributed by atoms with Crippen LogP contribution in [0.15, 0.2) is 42.6 Å². The predicted octanol–water partition coefficient (Wildman–Crippen LogP) is 1.34. The number of nitrogens with one attached hydrogen (secondary N) is 1. The lowest BCUT2D eigenvalue weighted by molar-refractivity contribution is 0.311. The van der Waals surface area contributed by atoms with Crippen molar-refractivity contribution in [3.05, 3.63) is 48.2 Å². The Bertz CT molecular complexity index is 425. The van der Waals surface area contributed by atoms with Crippen molar-refractivity contribution in [2.24, 2.45) is 0 Å². The van der Waals surface area contributed by atoms with Crippen LogP contribution in [-0.4, -0.2) is 28.0 Å². The van der Waals surface area contributed by atoms with E-state index in [4.69, 9.17) is 5.11 Å². The normalized spacial score (nSPS) is 10.3. The van der Waals surface area contributed by atoms with E-state index >= 15 is 0 Å². The summed E-state index contributed by atoms with van der Waals surface area (Å²) in [5.74, 6) is 0.796. The molecule has 2 aromatic rings. The van der Waals surface area contributed by atoms with Crippen molar-refractivity contribution in [2.45, 2.75) is 6.54 Å².